The number of nitrogens with one attached hydrogen (secondary N) is 1. The van der Waals surface area contributed by atoms with Gasteiger partial charge in [0, 0.05) is 25.7 Å². The maximum atomic E-state index is 12.5. The molecule has 250 valence electrons. The maximum Gasteiger partial charge on any atom is 0.318 e. The summed E-state index contributed by atoms with van der Waals surface area (Å²) >= 11 is 0. The highest BCUT2D eigenvalue weighted by atomic mass is 16.7. The summed E-state index contributed by atoms with van der Waals surface area (Å²) in [6.07, 6.45) is -12.4. The van der Waals surface area contributed by atoms with Crippen molar-refractivity contribution in [3.05, 3.63) is 0 Å². The molecule has 18 heteroatoms. The quantitative estimate of drug-likeness (QED) is 0.0547. The van der Waals surface area contributed by atoms with Crippen LogP contribution in [-0.2, 0) is 38.0 Å². The zero-order chi connectivity index (χ0) is 32.0. The highest BCUT2D eigenvalue weighted by molar-refractivity contribution is 5.97. The number of aliphatic hydroxyl groups excluding tert-OH is 5. The van der Waals surface area contributed by atoms with E-state index in [4.69, 9.17) is 51.4 Å². The number of ether oxygens (including phenoxy) is 6. The highest BCUT2D eigenvalue weighted by Crippen LogP contribution is 2.31. The van der Waals surface area contributed by atoms with Crippen molar-refractivity contribution in [2.24, 2.45) is 28.9 Å². The fourth-order valence-corrected chi connectivity index (χ4v) is 5.21. The summed E-state index contributed by atoms with van der Waals surface area (Å²) in [7, 11) is 1.44. The van der Waals surface area contributed by atoms with E-state index in [1.807, 2.05) is 0 Å². The smallest absolute Gasteiger partial charge is 0.318 e. The Morgan fingerprint density at radius 3 is 2.07 bits per heavy atom. The summed E-state index contributed by atoms with van der Waals surface area (Å²) in [6.45, 7) is 0.762. The summed E-state index contributed by atoms with van der Waals surface area (Å²) in [5.74, 6) is -2.51. The van der Waals surface area contributed by atoms with E-state index in [2.05, 4.69) is 5.32 Å². The number of methoxy groups -OCH3 is 1. The zero-order valence-electron chi connectivity index (χ0n) is 24.2. The van der Waals surface area contributed by atoms with Crippen molar-refractivity contribution in [1.82, 2.24) is 5.32 Å². The molecule has 43 heavy (non-hydrogen) atoms. The molecular formula is C25H47N5O13. The molecule has 0 aromatic heterocycles. The lowest BCUT2D eigenvalue weighted by atomic mass is 9.84. The molecule has 2 heterocycles. The van der Waals surface area contributed by atoms with Crippen molar-refractivity contribution in [1.29, 1.82) is 0 Å². The van der Waals surface area contributed by atoms with E-state index in [0.29, 0.717) is 0 Å². The maximum absolute atomic E-state index is 12.5. The van der Waals surface area contributed by atoms with Gasteiger partial charge in [-0.05, 0) is 19.8 Å². The van der Waals surface area contributed by atoms with E-state index in [1.54, 1.807) is 0 Å². The summed E-state index contributed by atoms with van der Waals surface area (Å²) in [6, 6.07) is -3.68. The Morgan fingerprint density at radius 2 is 1.47 bits per heavy atom. The minimum Gasteiger partial charge on any atom is -0.463 e. The predicted octanol–water partition coefficient (Wildman–Crippen LogP) is -6.31. The van der Waals surface area contributed by atoms with Gasteiger partial charge in [0.2, 0.25) is 5.91 Å². The molecule has 15 atom stereocenters. The Kier molecular flexibility index (Phi) is 13.4. The van der Waals surface area contributed by atoms with Crippen LogP contribution in [0, 0.1) is 5.92 Å². The van der Waals surface area contributed by atoms with Crippen LogP contribution in [0.2, 0.25) is 0 Å². The van der Waals surface area contributed by atoms with Gasteiger partial charge in [0.25, 0.3) is 0 Å². The first-order valence-electron chi connectivity index (χ1n) is 14.2. The molecule has 18 nitrogen and oxygen atoms in total. The Labute approximate surface area is 248 Å². The molecular weight excluding hydrogens is 578 g/mol. The van der Waals surface area contributed by atoms with E-state index in [1.165, 1.54) is 14.0 Å². The second-order valence-electron chi connectivity index (χ2n) is 11.2. The van der Waals surface area contributed by atoms with E-state index >= 15 is 0 Å². The van der Waals surface area contributed by atoms with E-state index in [9.17, 15) is 35.1 Å². The first-order chi connectivity index (χ1) is 20.3. The van der Waals surface area contributed by atoms with E-state index < -0.39 is 110 Å². The zero-order valence-corrected chi connectivity index (χ0v) is 24.2. The van der Waals surface area contributed by atoms with Gasteiger partial charge in [-0.25, -0.2) is 0 Å². The lowest BCUT2D eigenvalue weighted by Gasteiger charge is -2.47. The molecule has 1 aliphatic carbocycles. The molecule has 1 saturated carbocycles. The normalized spacial score (nSPS) is 42.7. The first-order valence-corrected chi connectivity index (χ1v) is 14.2. The van der Waals surface area contributed by atoms with Crippen molar-refractivity contribution < 1.29 is 63.5 Å². The summed E-state index contributed by atoms with van der Waals surface area (Å²) in [5, 5.41) is 54.3. The van der Waals surface area contributed by atoms with Crippen molar-refractivity contribution in [3.63, 3.8) is 0 Å². The molecule has 0 bridgehead atoms. The molecule has 1 amide bonds. The topological polar surface area (TPSA) is 307 Å². The van der Waals surface area contributed by atoms with Gasteiger partial charge in [0.15, 0.2) is 12.6 Å². The van der Waals surface area contributed by atoms with Gasteiger partial charge in [0.05, 0.1) is 31.4 Å². The van der Waals surface area contributed by atoms with Crippen LogP contribution in [0.5, 0.6) is 0 Å². The predicted molar refractivity (Wildman–Crippen MR) is 144 cm³/mol. The Morgan fingerprint density at radius 1 is 0.860 bits per heavy atom. The SMILES string of the molecule is COCCOC(=O)C(C)C(=O)NCC1O[C@H](O[C@@H]2C(N)C[C@@H](N)[C@@H](OC3O[C@H](CO)C(O)[C@@H](N)[C@H]3O)C2O)[C@@H](N)C[C@@H]1O. The number of nitrogens with two attached hydrogens (primary N) is 4. The molecule has 3 fully saturated rings. The van der Waals surface area contributed by atoms with Crippen LogP contribution in [0.25, 0.3) is 0 Å². The number of aliphatic hydroxyl groups is 5. The van der Waals surface area contributed by atoms with Gasteiger partial charge in [-0.15, -0.1) is 0 Å². The Hall–Kier alpha value is -1.62. The highest BCUT2D eigenvalue weighted by Gasteiger charge is 2.50. The third-order valence-corrected chi connectivity index (χ3v) is 7.94. The van der Waals surface area contributed by atoms with Crippen molar-refractivity contribution in [2.75, 3.05) is 33.5 Å². The summed E-state index contributed by atoms with van der Waals surface area (Å²) < 4.78 is 32.9. The number of hydrogen-bond acceptors (Lipinski definition) is 17. The number of carbonyl (C=O) groups excluding carboxylic acids is 2. The van der Waals surface area contributed by atoms with Crippen LogP contribution < -0.4 is 28.3 Å². The van der Waals surface area contributed by atoms with Gasteiger partial charge in [-0.3, -0.25) is 9.59 Å². The number of esters is 1. The van der Waals surface area contributed by atoms with Gasteiger partial charge in [-0.2, -0.15) is 0 Å². The molecule has 2 saturated heterocycles. The van der Waals surface area contributed by atoms with Crippen LogP contribution in [0.15, 0.2) is 0 Å². The van der Waals surface area contributed by atoms with E-state index in [-0.39, 0.29) is 32.6 Å². The van der Waals surface area contributed by atoms with Crippen molar-refractivity contribution in [2.45, 2.75) is 105 Å². The number of amides is 1. The molecule has 0 aromatic carbocycles. The molecule has 6 unspecified atom stereocenters. The fourth-order valence-electron chi connectivity index (χ4n) is 5.21. The fraction of sp³-hybridized carbons (Fsp3) is 0.920. The van der Waals surface area contributed by atoms with Crippen LogP contribution in [0.1, 0.15) is 19.8 Å². The average Bonchev–Trinajstić information content (AvgIpc) is 2.97. The summed E-state index contributed by atoms with van der Waals surface area (Å²) in [5.41, 5.74) is 24.5. The molecule has 0 radical (unpaired) electrons. The third kappa shape index (κ3) is 8.76. The summed E-state index contributed by atoms with van der Waals surface area (Å²) in [4.78, 5) is 24.5. The van der Waals surface area contributed by atoms with Crippen LogP contribution >= 0.6 is 0 Å². The van der Waals surface area contributed by atoms with Crippen molar-refractivity contribution >= 4 is 11.9 Å². The van der Waals surface area contributed by atoms with Crippen LogP contribution in [0.3, 0.4) is 0 Å². The average molecular weight is 626 g/mol. The number of carbonyl (C=O) groups is 2. The molecule has 2 aliphatic heterocycles. The van der Waals surface area contributed by atoms with Gasteiger partial charge in [-0.1, -0.05) is 0 Å². The lowest BCUT2D eigenvalue weighted by molar-refractivity contribution is -0.315. The molecule has 0 aromatic rings. The standard InChI is InChI=1S/C25H47N5O13/c1-9(23(37)39-4-3-38-2)22(36)30-7-14-13(32)6-12(28)24(40-14)42-20-10(26)5-11(27)21(19(20)35)43-25-18(34)16(29)17(33)15(8-31)41-25/h9-21,24-25,31-35H,3-8,26-29H2,1-2H3,(H,30,36)/t9?,10?,11-,12+,13+,14?,15-,16-,17?,18-,19?,20-,21-,24-,25?/m1/s1. The minimum absolute atomic E-state index is 0.00559. The second-order valence-corrected chi connectivity index (χ2v) is 11.2. The first kappa shape index (κ1) is 35.9. The minimum atomic E-state index is -1.50. The molecule has 0 spiro atoms. The van der Waals surface area contributed by atoms with Gasteiger partial charge in [0.1, 0.15) is 55.3 Å². The number of rotatable bonds is 12. The van der Waals surface area contributed by atoms with Gasteiger partial charge < -0.3 is 82.2 Å². The third-order valence-electron chi connectivity index (χ3n) is 7.94. The van der Waals surface area contributed by atoms with Crippen LogP contribution in [-0.4, -0.2) is 156 Å². The van der Waals surface area contributed by atoms with Crippen LogP contribution in [0.4, 0.5) is 0 Å². The molecule has 14 N–H and O–H groups in total. The van der Waals surface area contributed by atoms with E-state index in [0.717, 1.165) is 0 Å². The molecule has 3 rings (SSSR count). The number of hydrogen-bond donors (Lipinski definition) is 10. The van der Waals surface area contributed by atoms with Crippen molar-refractivity contribution in [3.8, 4) is 0 Å². The monoisotopic (exact) mass is 625 g/mol. The Bertz CT molecular complexity index is 906. The lowest BCUT2D eigenvalue weighted by Crippen LogP contribution is -2.68. The Balaban J connectivity index is 1.61. The largest absolute Gasteiger partial charge is 0.463 e. The second kappa shape index (κ2) is 16.1. The van der Waals surface area contributed by atoms with Gasteiger partial charge >= 0.3 is 5.97 Å². The molecule has 3 aliphatic rings.